The first kappa shape index (κ1) is 30.6. The Labute approximate surface area is 273 Å². The number of carbonyl (C=O) groups is 3. The number of fused-ring (bicyclic) bond motifs is 6. The van der Waals surface area contributed by atoms with Gasteiger partial charge in [-0.15, -0.1) is 0 Å². The minimum atomic E-state index is -1.23. The summed E-state index contributed by atoms with van der Waals surface area (Å²) in [5.74, 6) is 0.206. The summed E-state index contributed by atoms with van der Waals surface area (Å²) in [4.78, 5) is 41.0. The third-order valence-corrected chi connectivity index (χ3v) is 9.04. The highest BCUT2D eigenvalue weighted by atomic mass is 16.6. The Hall–Kier alpha value is -5.02. The van der Waals surface area contributed by atoms with Gasteiger partial charge in [-0.3, -0.25) is 9.59 Å². The lowest BCUT2D eigenvalue weighted by atomic mass is 9.77. The number of morpholine rings is 1. The first-order chi connectivity index (χ1) is 22.9. The van der Waals surface area contributed by atoms with Crippen LogP contribution in [-0.4, -0.2) is 49.0 Å². The van der Waals surface area contributed by atoms with Crippen LogP contribution in [0.2, 0.25) is 0 Å². The summed E-state index contributed by atoms with van der Waals surface area (Å²) in [5, 5.41) is 0. The number of aromatic nitrogens is 1. The number of hydrogen-bond acceptors (Lipinski definition) is 7. The minimum absolute atomic E-state index is 0.0174. The van der Waals surface area contributed by atoms with E-state index in [0.29, 0.717) is 60.1 Å². The van der Waals surface area contributed by atoms with Crippen molar-refractivity contribution in [1.82, 2.24) is 4.90 Å². The molecule has 0 radical (unpaired) electrons. The molecule has 1 aromatic heterocycles. The van der Waals surface area contributed by atoms with Crippen LogP contribution >= 0.6 is 0 Å². The summed E-state index contributed by atoms with van der Waals surface area (Å²) in [6, 6.07) is 22.4. The molecule has 9 nitrogen and oxygen atoms in total. The van der Waals surface area contributed by atoms with Crippen LogP contribution in [0.15, 0.2) is 85.2 Å². The van der Waals surface area contributed by atoms with Crippen LogP contribution in [0, 0.1) is 0 Å². The number of nitrogens with zero attached hydrogens (tertiary/aromatic N) is 2. The molecule has 9 heteroatoms. The third kappa shape index (κ3) is 5.99. The monoisotopic (exact) mass is 633 g/mol. The number of amides is 1. The molecular formula is C38H37N2O7+. The molecule has 47 heavy (non-hydrogen) atoms. The molecule has 1 spiro atoms. The summed E-state index contributed by atoms with van der Waals surface area (Å²) in [6.07, 6.45) is 6.50. The maximum Gasteiger partial charge on any atom is 0.340 e. The van der Waals surface area contributed by atoms with E-state index in [2.05, 4.69) is 11.5 Å². The fraction of sp³-hybridized carbons (Fsp3) is 0.316. The van der Waals surface area contributed by atoms with E-state index < -0.39 is 11.6 Å². The molecule has 4 heterocycles. The Balaban J connectivity index is 1.15. The second-order valence-corrected chi connectivity index (χ2v) is 12.2. The molecule has 7 rings (SSSR count). The molecule has 1 fully saturated rings. The molecule has 1 amide bonds. The van der Waals surface area contributed by atoms with E-state index in [9.17, 15) is 14.4 Å². The number of aryl methyl sites for hydroxylation is 1. The predicted molar refractivity (Wildman–Crippen MR) is 171 cm³/mol. The van der Waals surface area contributed by atoms with Gasteiger partial charge >= 0.3 is 11.9 Å². The van der Waals surface area contributed by atoms with Crippen LogP contribution in [0.5, 0.6) is 11.5 Å². The van der Waals surface area contributed by atoms with Gasteiger partial charge in [0.2, 0.25) is 5.91 Å². The zero-order chi connectivity index (χ0) is 32.4. The van der Waals surface area contributed by atoms with Gasteiger partial charge in [-0.25, -0.2) is 9.36 Å². The van der Waals surface area contributed by atoms with Crippen molar-refractivity contribution < 1.29 is 37.9 Å². The third-order valence-electron chi connectivity index (χ3n) is 9.04. The van der Waals surface area contributed by atoms with Gasteiger partial charge in [-0.05, 0) is 29.3 Å². The summed E-state index contributed by atoms with van der Waals surface area (Å²) in [5.41, 5.74) is 3.73. The first-order valence-corrected chi connectivity index (χ1v) is 16.2. The van der Waals surface area contributed by atoms with Crippen LogP contribution in [0.4, 0.5) is 0 Å². The number of carbonyl (C=O) groups excluding carboxylic acids is 3. The molecule has 3 aliphatic heterocycles. The zero-order valence-corrected chi connectivity index (χ0v) is 26.4. The second-order valence-electron chi connectivity index (χ2n) is 12.2. The summed E-state index contributed by atoms with van der Waals surface area (Å²) < 4.78 is 25.9. The lowest BCUT2D eigenvalue weighted by Crippen LogP contribution is -2.41. The highest BCUT2D eigenvalue weighted by Gasteiger charge is 2.53. The number of rotatable bonds is 9. The van der Waals surface area contributed by atoms with Crippen LogP contribution < -0.4 is 9.30 Å². The largest absolute Gasteiger partial charge is 0.461 e. The van der Waals surface area contributed by atoms with Crippen molar-refractivity contribution in [2.24, 2.45) is 0 Å². The zero-order valence-electron chi connectivity index (χ0n) is 26.4. The Kier molecular flexibility index (Phi) is 8.47. The molecule has 0 saturated carbocycles. The summed E-state index contributed by atoms with van der Waals surface area (Å²) >= 11 is 0. The quantitative estimate of drug-likeness (QED) is 0.189. The molecule has 1 atom stereocenters. The van der Waals surface area contributed by atoms with Gasteiger partial charge in [-0.2, -0.15) is 0 Å². The summed E-state index contributed by atoms with van der Waals surface area (Å²) in [7, 11) is 0. The second kappa shape index (κ2) is 13.0. The van der Waals surface area contributed by atoms with Crippen molar-refractivity contribution in [2.45, 2.75) is 51.4 Å². The molecule has 3 aliphatic rings. The molecule has 4 aromatic rings. The van der Waals surface area contributed by atoms with Crippen LogP contribution in [0.1, 0.15) is 63.5 Å². The molecule has 1 saturated heterocycles. The van der Waals surface area contributed by atoms with Gasteiger partial charge in [0, 0.05) is 53.9 Å². The average Bonchev–Trinajstić information content (AvgIpc) is 3.39. The number of hydrogen-bond donors (Lipinski definition) is 0. The normalized spacial score (nSPS) is 17.7. The average molecular weight is 634 g/mol. The maximum atomic E-state index is 13.2. The Morgan fingerprint density at radius 2 is 1.53 bits per heavy atom. The first-order valence-electron chi connectivity index (χ1n) is 16.2. The Bertz CT molecular complexity index is 1830. The molecule has 3 aromatic carbocycles. The molecular weight excluding hydrogens is 596 g/mol. The number of unbranched alkanes of at least 4 members (excludes halogenated alkanes) is 1. The summed E-state index contributed by atoms with van der Waals surface area (Å²) in [6.45, 7) is 5.51. The van der Waals surface area contributed by atoms with Crippen molar-refractivity contribution in [1.29, 1.82) is 0 Å². The van der Waals surface area contributed by atoms with E-state index in [1.54, 1.807) is 12.1 Å². The number of pyridine rings is 1. The minimum Gasteiger partial charge on any atom is -0.461 e. The Morgan fingerprint density at radius 1 is 0.851 bits per heavy atom. The van der Waals surface area contributed by atoms with Crippen LogP contribution in [-0.2, 0) is 55.4 Å². The van der Waals surface area contributed by atoms with E-state index in [1.807, 2.05) is 78.0 Å². The Morgan fingerprint density at radius 3 is 2.23 bits per heavy atom. The topological polar surface area (TPSA) is 95.2 Å². The highest BCUT2D eigenvalue weighted by molar-refractivity contribution is 5.97. The predicted octanol–water partition coefficient (Wildman–Crippen LogP) is 5.03. The van der Waals surface area contributed by atoms with Crippen molar-refractivity contribution in [3.8, 4) is 11.5 Å². The van der Waals surface area contributed by atoms with Crippen LogP contribution in [0.25, 0.3) is 0 Å². The van der Waals surface area contributed by atoms with Gasteiger partial charge in [0.15, 0.2) is 18.0 Å². The van der Waals surface area contributed by atoms with Gasteiger partial charge in [0.05, 0.1) is 31.6 Å². The molecule has 1 unspecified atom stereocenters. The lowest BCUT2D eigenvalue weighted by molar-refractivity contribution is -0.697. The number of ether oxygens (including phenoxy) is 4. The van der Waals surface area contributed by atoms with E-state index in [4.69, 9.17) is 18.9 Å². The highest BCUT2D eigenvalue weighted by Crippen LogP contribution is 2.56. The van der Waals surface area contributed by atoms with E-state index in [1.165, 1.54) is 0 Å². The van der Waals surface area contributed by atoms with Gasteiger partial charge in [0.1, 0.15) is 24.7 Å². The van der Waals surface area contributed by atoms with Crippen LogP contribution in [0.3, 0.4) is 0 Å². The smallest absolute Gasteiger partial charge is 0.340 e. The molecule has 0 bridgehead atoms. The molecule has 240 valence electrons. The SMILES string of the molecule is CCCC[n+]1ccc(COC(=O)Cc2ccc3c(c2)Oc2cc(CC(=O)N4CCOCC4)ccc2C32OC(=O)c3ccccc32)cc1. The van der Waals surface area contributed by atoms with E-state index in [-0.39, 0.29) is 31.3 Å². The van der Waals surface area contributed by atoms with E-state index >= 15 is 0 Å². The van der Waals surface area contributed by atoms with Gasteiger partial charge < -0.3 is 23.8 Å². The van der Waals surface area contributed by atoms with Crippen molar-refractivity contribution >= 4 is 17.8 Å². The van der Waals surface area contributed by atoms with Crippen molar-refractivity contribution in [3.05, 3.63) is 124 Å². The van der Waals surface area contributed by atoms with E-state index in [0.717, 1.165) is 36.1 Å². The molecule has 0 N–H and O–H groups in total. The van der Waals surface area contributed by atoms with Crippen molar-refractivity contribution in [2.75, 3.05) is 26.3 Å². The van der Waals surface area contributed by atoms with Gasteiger partial charge in [0.25, 0.3) is 0 Å². The fourth-order valence-electron chi connectivity index (χ4n) is 6.54. The standard InChI is InChI=1S/C38H37N2O7/c1-2-3-14-39-15-12-26(13-16-39)25-45-36(42)24-28-9-11-32-34(22-28)46-33-21-27(23-35(41)40-17-19-44-20-18-40)8-10-31(33)38(32)30-7-5-4-6-29(30)37(43)47-38/h4-13,15-16,21-22H,2-3,14,17-20,23-25H2,1H3/q+1. The maximum absolute atomic E-state index is 13.2. The number of benzene rings is 3. The number of esters is 2. The fourth-order valence-corrected chi connectivity index (χ4v) is 6.54. The van der Waals surface area contributed by atoms with Gasteiger partial charge in [-0.1, -0.05) is 55.8 Å². The molecule has 0 aliphatic carbocycles. The van der Waals surface area contributed by atoms with Crippen molar-refractivity contribution in [3.63, 3.8) is 0 Å². The lowest BCUT2D eigenvalue weighted by Gasteiger charge is -2.37.